The van der Waals surface area contributed by atoms with Crippen LogP contribution in [0.5, 0.6) is 0 Å². The van der Waals surface area contributed by atoms with Crippen LogP contribution < -0.4 is 11.3 Å². The summed E-state index contributed by atoms with van der Waals surface area (Å²) in [5.74, 6) is 4.25. The summed E-state index contributed by atoms with van der Waals surface area (Å²) in [4.78, 5) is 13.0. The molecule has 0 saturated heterocycles. The van der Waals surface area contributed by atoms with Gasteiger partial charge < -0.3 is 4.90 Å². The quantitative estimate of drug-likeness (QED) is 0.434. The molecule has 3 N–H and O–H groups in total. The number of nitrogen functional groups attached to an aromatic ring is 1. The molecule has 1 rings (SSSR count). The van der Waals surface area contributed by atoms with Crippen molar-refractivity contribution in [3.63, 3.8) is 0 Å². The second-order valence-corrected chi connectivity index (χ2v) is 3.52. The number of hydrogen-bond acceptors (Lipinski definition) is 3. The first kappa shape index (κ1) is 11.6. The van der Waals surface area contributed by atoms with E-state index < -0.39 is 5.91 Å². The van der Waals surface area contributed by atoms with Gasteiger partial charge in [-0.3, -0.25) is 10.2 Å². The zero-order chi connectivity index (χ0) is 11.4. The van der Waals surface area contributed by atoms with Crippen molar-refractivity contribution >= 4 is 5.91 Å². The first-order valence-electron chi connectivity index (χ1n) is 4.48. The predicted octanol–water partition coefficient (Wildman–Crippen LogP) is 0.491. The summed E-state index contributed by atoms with van der Waals surface area (Å²) in [6.45, 7) is 0.442. The molecule has 0 aromatic heterocycles. The minimum Gasteiger partial charge on any atom is -0.305 e. The Labute approximate surface area is 87.8 Å². The van der Waals surface area contributed by atoms with Gasteiger partial charge in [0.2, 0.25) is 0 Å². The van der Waals surface area contributed by atoms with Gasteiger partial charge in [0.25, 0.3) is 5.91 Å². The van der Waals surface area contributed by atoms with Crippen LogP contribution in [0, 0.1) is 5.82 Å². The van der Waals surface area contributed by atoms with Gasteiger partial charge in [-0.15, -0.1) is 0 Å². The first-order chi connectivity index (χ1) is 7.04. The van der Waals surface area contributed by atoms with Gasteiger partial charge in [-0.1, -0.05) is 0 Å². The van der Waals surface area contributed by atoms with Gasteiger partial charge in [-0.05, 0) is 32.3 Å². The van der Waals surface area contributed by atoms with Crippen molar-refractivity contribution in [1.82, 2.24) is 10.3 Å². The number of hydrogen-bond donors (Lipinski definition) is 2. The Morgan fingerprint density at radius 1 is 1.53 bits per heavy atom. The fraction of sp³-hybridized carbons (Fsp3) is 0.300. The highest BCUT2D eigenvalue weighted by molar-refractivity contribution is 5.93. The Bertz CT molecular complexity index is 366. The Hall–Kier alpha value is -1.46. The fourth-order valence-corrected chi connectivity index (χ4v) is 1.26. The van der Waals surface area contributed by atoms with E-state index in [1.165, 1.54) is 18.2 Å². The van der Waals surface area contributed by atoms with Crippen molar-refractivity contribution in [3.05, 3.63) is 35.1 Å². The summed E-state index contributed by atoms with van der Waals surface area (Å²) >= 11 is 0. The van der Waals surface area contributed by atoms with Crippen molar-refractivity contribution in [3.8, 4) is 0 Å². The summed E-state index contributed by atoms with van der Waals surface area (Å²) in [5.41, 5.74) is 2.84. The van der Waals surface area contributed by atoms with Crippen LogP contribution in [0.3, 0.4) is 0 Å². The molecule has 0 aliphatic heterocycles. The molecule has 82 valence electrons. The number of nitrogens with two attached hydrogens (primary N) is 1. The van der Waals surface area contributed by atoms with Crippen molar-refractivity contribution in [2.75, 3.05) is 14.1 Å². The van der Waals surface area contributed by atoms with Crippen LogP contribution >= 0.6 is 0 Å². The van der Waals surface area contributed by atoms with Gasteiger partial charge in [-0.2, -0.15) is 0 Å². The molecular formula is C10H14FN3O. The number of rotatable bonds is 3. The van der Waals surface area contributed by atoms with Gasteiger partial charge in [0.05, 0.1) is 0 Å². The number of carbonyl (C=O) groups is 1. The second-order valence-electron chi connectivity index (χ2n) is 3.52. The second kappa shape index (κ2) is 4.86. The molecule has 0 unspecified atom stereocenters. The average Bonchev–Trinajstić information content (AvgIpc) is 2.19. The Morgan fingerprint density at radius 2 is 2.20 bits per heavy atom. The van der Waals surface area contributed by atoms with Gasteiger partial charge >= 0.3 is 0 Å². The lowest BCUT2D eigenvalue weighted by Crippen LogP contribution is -2.30. The standard InChI is InChI=1S/C10H14FN3O/c1-14(2)6-8-5-7(10(15)13-12)3-4-9(8)11/h3-5H,6,12H2,1-2H3,(H,13,15). The largest absolute Gasteiger partial charge is 0.305 e. The maximum absolute atomic E-state index is 13.3. The molecule has 5 heteroatoms. The average molecular weight is 211 g/mol. The number of hydrazine groups is 1. The van der Waals surface area contributed by atoms with E-state index in [4.69, 9.17) is 5.84 Å². The van der Waals surface area contributed by atoms with E-state index in [9.17, 15) is 9.18 Å². The maximum Gasteiger partial charge on any atom is 0.265 e. The highest BCUT2D eigenvalue weighted by Crippen LogP contribution is 2.12. The van der Waals surface area contributed by atoms with E-state index in [2.05, 4.69) is 0 Å². The third kappa shape index (κ3) is 3.00. The molecule has 0 radical (unpaired) electrons. The van der Waals surface area contributed by atoms with Crippen LogP contribution in [-0.2, 0) is 6.54 Å². The summed E-state index contributed by atoms with van der Waals surface area (Å²) in [5, 5.41) is 0. The zero-order valence-electron chi connectivity index (χ0n) is 8.75. The van der Waals surface area contributed by atoms with Crippen LogP contribution in [0.25, 0.3) is 0 Å². The van der Waals surface area contributed by atoms with E-state index in [-0.39, 0.29) is 5.82 Å². The van der Waals surface area contributed by atoms with Gasteiger partial charge in [0.15, 0.2) is 0 Å². The minimum atomic E-state index is -0.421. The van der Waals surface area contributed by atoms with E-state index in [1.54, 1.807) is 0 Å². The lowest BCUT2D eigenvalue weighted by atomic mass is 10.1. The molecule has 4 nitrogen and oxygen atoms in total. The molecule has 0 heterocycles. The number of nitrogens with zero attached hydrogens (tertiary/aromatic N) is 1. The first-order valence-corrected chi connectivity index (χ1v) is 4.48. The van der Waals surface area contributed by atoms with Crippen molar-refractivity contribution in [2.45, 2.75) is 6.54 Å². The van der Waals surface area contributed by atoms with Crippen molar-refractivity contribution < 1.29 is 9.18 Å². The highest BCUT2D eigenvalue weighted by Gasteiger charge is 2.08. The fourth-order valence-electron chi connectivity index (χ4n) is 1.26. The summed E-state index contributed by atoms with van der Waals surface area (Å²) in [6.07, 6.45) is 0. The third-order valence-corrected chi connectivity index (χ3v) is 1.93. The molecule has 1 aromatic carbocycles. The van der Waals surface area contributed by atoms with Crippen LogP contribution in [0.4, 0.5) is 4.39 Å². The van der Waals surface area contributed by atoms with E-state index in [1.807, 2.05) is 24.4 Å². The normalized spacial score (nSPS) is 10.5. The molecule has 15 heavy (non-hydrogen) atoms. The van der Waals surface area contributed by atoms with Gasteiger partial charge in [0.1, 0.15) is 5.82 Å². The third-order valence-electron chi connectivity index (χ3n) is 1.93. The summed E-state index contributed by atoms with van der Waals surface area (Å²) in [6, 6.07) is 4.16. The van der Waals surface area contributed by atoms with Crippen LogP contribution in [0.2, 0.25) is 0 Å². The van der Waals surface area contributed by atoms with Crippen LogP contribution in [0.15, 0.2) is 18.2 Å². The number of amides is 1. The Balaban J connectivity index is 2.99. The molecule has 0 saturated carbocycles. The number of benzene rings is 1. The number of halogens is 1. The number of carbonyl (C=O) groups excluding carboxylic acids is 1. The van der Waals surface area contributed by atoms with Gasteiger partial charge in [0, 0.05) is 17.7 Å². The molecule has 1 amide bonds. The monoisotopic (exact) mass is 211 g/mol. The molecule has 0 spiro atoms. The highest BCUT2D eigenvalue weighted by atomic mass is 19.1. The van der Waals surface area contributed by atoms with Gasteiger partial charge in [-0.25, -0.2) is 10.2 Å². The van der Waals surface area contributed by atoms with Crippen molar-refractivity contribution in [1.29, 1.82) is 0 Å². The molecule has 0 atom stereocenters. The topological polar surface area (TPSA) is 58.4 Å². The van der Waals surface area contributed by atoms with E-state index >= 15 is 0 Å². The predicted molar refractivity (Wildman–Crippen MR) is 55.4 cm³/mol. The Kier molecular flexibility index (Phi) is 3.76. The Morgan fingerprint density at radius 3 is 2.73 bits per heavy atom. The van der Waals surface area contributed by atoms with Crippen molar-refractivity contribution in [2.24, 2.45) is 5.84 Å². The van der Waals surface area contributed by atoms with E-state index in [0.717, 1.165) is 0 Å². The summed E-state index contributed by atoms with van der Waals surface area (Å²) < 4.78 is 13.3. The molecule has 0 aliphatic carbocycles. The lowest BCUT2D eigenvalue weighted by molar-refractivity contribution is 0.0953. The lowest BCUT2D eigenvalue weighted by Gasteiger charge is -2.11. The molecule has 0 bridgehead atoms. The molecule has 0 fully saturated rings. The minimum absolute atomic E-state index is 0.322. The van der Waals surface area contributed by atoms with E-state index in [0.29, 0.717) is 17.7 Å². The number of nitrogens with one attached hydrogen (secondary N) is 1. The smallest absolute Gasteiger partial charge is 0.265 e. The SMILES string of the molecule is CN(C)Cc1cc(C(=O)NN)ccc1F. The summed E-state index contributed by atoms with van der Waals surface area (Å²) in [7, 11) is 3.66. The van der Waals surface area contributed by atoms with Crippen LogP contribution in [0.1, 0.15) is 15.9 Å². The van der Waals surface area contributed by atoms with Crippen LogP contribution in [-0.4, -0.2) is 24.9 Å². The molecule has 1 aromatic rings. The molecule has 0 aliphatic rings. The zero-order valence-corrected chi connectivity index (χ0v) is 8.75. The maximum atomic E-state index is 13.3. The molecular weight excluding hydrogens is 197 g/mol.